The molecule has 0 aliphatic rings. The van der Waals surface area contributed by atoms with Crippen LogP contribution in [-0.2, 0) is 10.2 Å². The highest BCUT2D eigenvalue weighted by molar-refractivity contribution is 7.99. The Hall–Kier alpha value is -3.91. The lowest BCUT2D eigenvalue weighted by atomic mass is 9.87. The summed E-state index contributed by atoms with van der Waals surface area (Å²) in [6.45, 7) is 6.35. The Morgan fingerprint density at radius 1 is 1.06 bits per heavy atom. The molecule has 0 saturated heterocycles. The van der Waals surface area contributed by atoms with E-state index < -0.39 is 5.97 Å². The summed E-state index contributed by atoms with van der Waals surface area (Å²) in [4.78, 5) is 28.9. The largest absolute Gasteiger partial charge is 0.431 e. The maximum absolute atomic E-state index is 12.5. The Kier molecular flexibility index (Phi) is 7.31. The number of hydrogen-bond acceptors (Lipinski definition) is 7. The fourth-order valence-electron chi connectivity index (χ4n) is 3.18. The van der Waals surface area contributed by atoms with Crippen LogP contribution in [0.5, 0.6) is 5.75 Å². The predicted octanol–water partition coefficient (Wildman–Crippen LogP) is 5.59. The van der Waals surface area contributed by atoms with Crippen molar-refractivity contribution in [1.82, 2.24) is 10.4 Å². The summed E-state index contributed by atoms with van der Waals surface area (Å²) in [5.74, 6) is -0.244. The highest BCUT2D eigenvalue weighted by Crippen LogP contribution is 2.24. The minimum absolute atomic E-state index is 0.00845. The van der Waals surface area contributed by atoms with Gasteiger partial charge in [0.2, 0.25) is 0 Å². The van der Waals surface area contributed by atoms with Crippen molar-refractivity contribution in [3.63, 3.8) is 0 Å². The van der Waals surface area contributed by atoms with Crippen molar-refractivity contribution < 1.29 is 18.7 Å². The van der Waals surface area contributed by atoms with Gasteiger partial charge >= 0.3 is 5.97 Å². The lowest BCUT2D eigenvalue weighted by Gasteiger charge is -2.18. The molecule has 1 aromatic heterocycles. The first kappa shape index (κ1) is 24.2. The monoisotopic (exact) mass is 487 g/mol. The summed E-state index contributed by atoms with van der Waals surface area (Å²) >= 11 is 1.19. The number of benzene rings is 3. The third-order valence-corrected chi connectivity index (χ3v) is 5.89. The molecule has 35 heavy (non-hydrogen) atoms. The second-order valence-corrected chi connectivity index (χ2v) is 9.75. The summed E-state index contributed by atoms with van der Waals surface area (Å²) in [5, 5.41) is 4.40. The SMILES string of the molecule is CC(C)(C)c1ccc(C(=O)Oc2cccc(C=NNC(=O)CSc3nc4ccccc4o3)c2)cc1. The quantitative estimate of drug-likeness (QED) is 0.120. The van der Waals surface area contributed by atoms with Gasteiger partial charge in [-0.3, -0.25) is 4.79 Å². The standard InChI is InChI=1S/C27H25N3O4S/c1-27(2,3)20-13-11-19(12-14-20)25(32)33-21-8-6-7-18(15-21)16-28-30-24(31)17-35-26-29-22-9-4-5-10-23(22)34-26/h4-16H,17H2,1-3H3,(H,30,31). The van der Waals surface area contributed by atoms with Crippen molar-refractivity contribution in [2.75, 3.05) is 5.75 Å². The molecule has 0 atom stereocenters. The van der Waals surface area contributed by atoms with E-state index in [9.17, 15) is 9.59 Å². The fourth-order valence-corrected chi connectivity index (χ4v) is 3.81. The summed E-state index contributed by atoms with van der Waals surface area (Å²) in [5.41, 5.74) is 6.19. The number of rotatable bonds is 7. The van der Waals surface area contributed by atoms with Crippen LogP contribution in [0.2, 0.25) is 0 Å². The number of hydrogen-bond donors (Lipinski definition) is 1. The smallest absolute Gasteiger partial charge is 0.343 e. The van der Waals surface area contributed by atoms with Gasteiger partial charge in [-0.05, 0) is 52.9 Å². The second-order valence-electron chi connectivity index (χ2n) is 8.82. The zero-order valence-corrected chi connectivity index (χ0v) is 20.5. The normalized spacial score (nSPS) is 11.6. The van der Waals surface area contributed by atoms with Gasteiger partial charge in [0.15, 0.2) is 5.58 Å². The molecular weight excluding hydrogens is 462 g/mol. The van der Waals surface area contributed by atoms with Gasteiger partial charge in [-0.25, -0.2) is 15.2 Å². The van der Waals surface area contributed by atoms with E-state index in [2.05, 4.69) is 36.3 Å². The molecule has 0 fully saturated rings. The van der Waals surface area contributed by atoms with Crippen LogP contribution < -0.4 is 10.2 Å². The maximum Gasteiger partial charge on any atom is 0.343 e. The van der Waals surface area contributed by atoms with E-state index in [0.29, 0.717) is 27.7 Å². The second kappa shape index (κ2) is 10.6. The van der Waals surface area contributed by atoms with Crippen LogP contribution in [0.1, 0.15) is 42.3 Å². The summed E-state index contributed by atoms with van der Waals surface area (Å²) in [7, 11) is 0. The van der Waals surface area contributed by atoms with Crippen LogP contribution in [-0.4, -0.2) is 28.8 Å². The van der Waals surface area contributed by atoms with E-state index in [4.69, 9.17) is 9.15 Å². The third-order valence-electron chi connectivity index (χ3n) is 5.06. The highest BCUT2D eigenvalue weighted by Gasteiger charge is 2.15. The number of hydrazone groups is 1. The fraction of sp³-hybridized carbons (Fsp3) is 0.185. The van der Waals surface area contributed by atoms with E-state index in [0.717, 1.165) is 11.1 Å². The van der Waals surface area contributed by atoms with E-state index in [1.807, 2.05) is 36.4 Å². The van der Waals surface area contributed by atoms with Crippen LogP contribution >= 0.6 is 11.8 Å². The van der Waals surface area contributed by atoms with Crippen LogP contribution in [0.15, 0.2) is 87.5 Å². The zero-order valence-electron chi connectivity index (χ0n) is 19.6. The zero-order chi connectivity index (χ0) is 24.8. The first-order chi connectivity index (χ1) is 16.8. The Bertz CT molecular complexity index is 1340. The average Bonchev–Trinajstić information content (AvgIpc) is 3.26. The Balaban J connectivity index is 1.29. The molecule has 1 amide bonds. The first-order valence-corrected chi connectivity index (χ1v) is 12.0. The minimum Gasteiger partial charge on any atom is -0.431 e. The Morgan fingerprint density at radius 2 is 1.83 bits per heavy atom. The maximum atomic E-state index is 12.5. The van der Waals surface area contributed by atoms with Crippen molar-refractivity contribution in [1.29, 1.82) is 0 Å². The van der Waals surface area contributed by atoms with Crippen LogP contribution in [0.4, 0.5) is 0 Å². The number of nitrogens with zero attached hydrogens (tertiary/aromatic N) is 2. The van der Waals surface area contributed by atoms with E-state index in [-0.39, 0.29) is 17.1 Å². The molecule has 0 aliphatic heterocycles. The molecule has 8 heteroatoms. The molecule has 1 N–H and O–H groups in total. The van der Waals surface area contributed by atoms with Gasteiger partial charge in [0.05, 0.1) is 17.5 Å². The number of amides is 1. The minimum atomic E-state index is -0.441. The summed E-state index contributed by atoms with van der Waals surface area (Å²) in [6, 6.07) is 21.7. The van der Waals surface area contributed by atoms with Gasteiger partial charge in [0.25, 0.3) is 11.1 Å². The molecule has 0 aliphatic carbocycles. The van der Waals surface area contributed by atoms with Gasteiger partial charge in [0, 0.05) is 0 Å². The third kappa shape index (κ3) is 6.58. The number of aromatic nitrogens is 1. The Morgan fingerprint density at radius 3 is 2.57 bits per heavy atom. The van der Waals surface area contributed by atoms with E-state index >= 15 is 0 Å². The van der Waals surface area contributed by atoms with Gasteiger partial charge < -0.3 is 9.15 Å². The van der Waals surface area contributed by atoms with Gasteiger partial charge in [-0.1, -0.05) is 68.9 Å². The van der Waals surface area contributed by atoms with Crippen LogP contribution in [0.3, 0.4) is 0 Å². The van der Waals surface area contributed by atoms with E-state index in [1.54, 1.807) is 36.4 Å². The average molecular weight is 488 g/mol. The first-order valence-electron chi connectivity index (χ1n) is 11.0. The number of nitrogens with one attached hydrogen (secondary N) is 1. The number of fused-ring (bicyclic) bond motifs is 1. The molecule has 0 unspecified atom stereocenters. The van der Waals surface area contributed by atoms with Crippen LogP contribution in [0, 0.1) is 0 Å². The number of esters is 1. The molecule has 7 nitrogen and oxygen atoms in total. The molecule has 1 heterocycles. The van der Waals surface area contributed by atoms with Gasteiger partial charge in [0.1, 0.15) is 11.3 Å². The van der Waals surface area contributed by atoms with Gasteiger partial charge in [-0.2, -0.15) is 5.10 Å². The topological polar surface area (TPSA) is 93.8 Å². The number of carbonyl (C=O) groups is 2. The van der Waals surface area contributed by atoms with Crippen LogP contribution in [0.25, 0.3) is 11.1 Å². The number of oxazole rings is 1. The molecule has 0 spiro atoms. The highest BCUT2D eigenvalue weighted by atomic mass is 32.2. The number of thioether (sulfide) groups is 1. The molecule has 0 bridgehead atoms. The predicted molar refractivity (Wildman–Crippen MR) is 137 cm³/mol. The molecule has 4 rings (SSSR count). The van der Waals surface area contributed by atoms with Gasteiger partial charge in [-0.15, -0.1) is 0 Å². The number of para-hydroxylation sites is 2. The molecule has 4 aromatic rings. The molecule has 0 saturated carbocycles. The van der Waals surface area contributed by atoms with Crippen molar-refractivity contribution in [3.8, 4) is 5.75 Å². The Labute approximate surface area is 207 Å². The summed E-state index contributed by atoms with van der Waals surface area (Å²) < 4.78 is 11.1. The number of carbonyl (C=O) groups excluding carboxylic acids is 2. The molecule has 178 valence electrons. The molecular formula is C27H25N3O4S. The molecule has 0 radical (unpaired) electrons. The lowest BCUT2D eigenvalue weighted by molar-refractivity contribution is -0.118. The van der Waals surface area contributed by atoms with E-state index in [1.165, 1.54) is 18.0 Å². The van der Waals surface area contributed by atoms with Crippen molar-refractivity contribution in [2.45, 2.75) is 31.4 Å². The van der Waals surface area contributed by atoms with Crippen molar-refractivity contribution >= 4 is 41.0 Å². The number of ether oxygens (including phenoxy) is 1. The van der Waals surface area contributed by atoms with Crippen molar-refractivity contribution in [2.24, 2.45) is 5.10 Å². The lowest BCUT2D eigenvalue weighted by Crippen LogP contribution is -2.19. The summed E-state index contributed by atoms with van der Waals surface area (Å²) in [6.07, 6.45) is 1.48. The van der Waals surface area contributed by atoms with Crippen molar-refractivity contribution in [3.05, 3.63) is 89.5 Å². The molecule has 3 aromatic carbocycles.